The first-order chi connectivity index (χ1) is 16.0. The van der Waals surface area contributed by atoms with Crippen molar-refractivity contribution in [2.75, 3.05) is 0 Å². The van der Waals surface area contributed by atoms with Crippen LogP contribution < -0.4 is 0 Å². The molecule has 0 aliphatic heterocycles. The summed E-state index contributed by atoms with van der Waals surface area (Å²) in [4.78, 5) is 24.3. The van der Waals surface area contributed by atoms with Gasteiger partial charge in [0.15, 0.2) is 17.3 Å². The number of aromatic nitrogens is 7. The molecule has 9 nitrogen and oxygen atoms in total. The zero-order valence-corrected chi connectivity index (χ0v) is 19.0. The predicted octanol–water partition coefficient (Wildman–Crippen LogP) is 3.36. The van der Waals surface area contributed by atoms with Crippen molar-refractivity contribution in [3.63, 3.8) is 0 Å². The number of ketones is 1. The number of rotatable bonds is 7. The Morgan fingerprint density at radius 2 is 2.00 bits per heavy atom. The lowest BCUT2D eigenvalue weighted by Gasteiger charge is -2.10. The average Bonchev–Trinajstić information content (AvgIpc) is 3.56. The molecule has 5 aromatic heterocycles. The number of aliphatic hydroxyl groups is 1. The number of carbonyl (C=O) groups excluding carboxylic acids is 1. The molecule has 166 valence electrons. The van der Waals surface area contributed by atoms with Crippen molar-refractivity contribution >= 4 is 22.8 Å². The van der Waals surface area contributed by atoms with E-state index in [9.17, 15) is 9.90 Å². The summed E-state index contributed by atoms with van der Waals surface area (Å²) >= 11 is 1.65. The van der Waals surface area contributed by atoms with Gasteiger partial charge in [-0.3, -0.25) is 14.2 Å². The van der Waals surface area contributed by atoms with Crippen LogP contribution >= 0.6 is 11.3 Å². The normalized spacial score (nSPS) is 11.4. The van der Waals surface area contributed by atoms with E-state index < -0.39 is 0 Å². The Balaban J connectivity index is 1.59. The van der Waals surface area contributed by atoms with Crippen molar-refractivity contribution in [3.05, 3.63) is 76.4 Å². The number of nitrogens with zero attached hydrogens (tertiary/aromatic N) is 7. The van der Waals surface area contributed by atoms with Gasteiger partial charge in [-0.1, -0.05) is 6.07 Å². The minimum atomic E-state index is -0.338. The van der Waals surface area contributed by atoms with E-state index in [1.54, 1.807) is 29.8 Å². The van der Waals surface area contributed by atoms with Crippen molar-refractivity contribution in [3.8, 4) is 16.3 Å². The molecule has 0 unspecified atom stereocenters. The van der Waals surface area contributed by atoms with Crippen LogP contribution in [0.1, 0.15) is 38.7 Å². The van der Waals surface area contributed by atoms with Gasteiger partial charge >= 0.3 is 0 Å². The number of aryl methyl sites for hydroxylation is 3. The lowest BCUT2D eigenvalue weighted by Crippen LogP contribution is -2.10. The first-order valence-corrected chi connectivity index (χ1v) is 11.3. The third-order valence-corrected chi connectivity index (χ3v) is 6.44. The minimum Gasteiger partial charge on any atom is -0.388 e. The van der Waals surface area contributed by atoms with Crippen molar-refractivity contribution in [1.82, 2.24) is 34.6 Å². The molecule has 1 N–H and O–H groups in total. The van der Waals surface area contributed by atoms with Gasteiger partial charge in [0, 0.05) is 34.9 Å². The largest absolute Gasteiger partial charge is 0.388 e. The summed E-state index contributed by atoms with van der Waals surface area (Å²) < 4.78 is 3.32. The number of thiophene rings is 1. The number of hydrogen-bond acceptors (Lipinski definition) is 8. The van der Waals surface area contributed by atoms with Gasteiger partial charge in [0.05, 0.1) is 16.8 Å². The highest BCUT2D eigenvalue weighted by Gasteiger charge is 2.19. The molecule has 0 aromatic carbocycles. The van der Waals surface area contributed by atoms with Crippen LogP contribution in [0, 0.1) is 13.8 Å². The first kappa shape index (κ1) is 21.1. The Labute approximate surface area is 193 Å². The second-order valence-corrected chi connectivity index (χ2v) is 9.05. The van der Waals surface area contributed by atoms with E-state index in [0.717, 1.165) is 21.8 Å². The van der Waals surface area contributed by atoms with Gasteiger partial charge in [0.2, 0.25) is 0 Å². The van der Waals surface area contributed by atoms with Gasteiger partial charge in [-0.05, 0) is 60.5 Å². The SMILES string of the molecule is Cc1ccc(CCC(=O)c2cc(-n3nnnc3CO)c3ncc(-c4ccc(C)s4)n3c2)cn1. The molecular weight excluding hydrogens is 438 g/mol. The predicted molar refractivity (Wildman–Crippen MR) is 124 cm³/mol. The number of fused-ring (bicyclic) bond motifs is 1. The highest BCUT2D eigenvalue weighted by Crippen LogP contribution is 2.30. The lowest BCUT2D eigenvalue weighted by atomic mass is 10.0. The summed E-state index contributed by atoms with van der Waals surface area (Å²) in [6.07, 6.45) is 6.32. The number of carbonyl (C=O) groups is 1. The second-order valence-electron chi connectivity index (χ2n) is 7.76. The molecule has 0 spiro atoms. The highest BCUT2D eigenvalue weighted by atomic mass is 32.1. The molecule has 0 bridgehead atoms. The number of Topliss-reactive ketones (excluding diaryl/α,β-unsaturated/α-hetero) is 1. The van der Waals surface area contributed by atoms with Crippen LogP contribution in [0.4, 0.5) is 0 Å². The van der Waals surface area contributed by atoms with Gasteiger partial charge < -0.3 is 5.11 Å². The van der Waals surface area contributed by atoms with Gasteiger partial charge in [-0.25, -0.2) is 4.98 Å². The van der Waals surface area contributed by atoms with Crippen molar-refractivity contribution in [1.29, 1.82) is 0 Å². The molecule has 0 radical (unpaired) electrons. The third kappa shape index (κ3) is 4.06. The fraction of sp³-hybridized carbons (Fsp3) is 0.217. The Morgan fingerprint density at radius 3 is 2.73 bits per heavy atom. The topological polar surface area (TPSA) is 111 Å². The number of aliphatic hydroxyl groups excluding tert-OH is 1. The average molecular weight is 460 g/mol. The van der Waals surface area contributed by atoms with E-state index in [0.29, 0.717) is 29.7 Å². The van der Waals surface area contributed by atoms with Gasteiger partial charge in [0.1, 0.15) is 12.3 Å². The summed E-state index contributed by atoms with van der Waals surface area (Å²) in [6.45, 7) is 3.64. The zero-order valence-electron chi connectivity index (χ0n) is 18.1. The first-order valence-electron chi connectivity index (χ1n) is 10.4. The molecule has 0 saturated carbocycles. The van der Waals surface area contributed by atoms with Crippen LogP contribution in [0.3, 0.4) is 0 Å². The van der Waals surface area contributed by atoms with Crippen molar-refractivity contribution in [2.24, 2.45) is 0 Å². The highest BCUT2D eigenvalue weighted by molar-refractivity contribution is 7.15. The fourth-order valence-electron chi connectivity index (χ4n) is 3.67. The number of imidazole rings is 1. The van der Waals surface area contributed by atoms with Crippen LogP contribution in [0.25, 0.3) is 21.9 Å². The molecule has 0 amide bonds. The third-order valence-electron chi connectivity index (χ3n) is 5.42. The maximum absolute atomic E-state index is 13.2. The van der Waals surface area contributed by atoms with Crippen LogP contribution in [0.2, 0.25) is 0 Å². The van der Waals surface area contributed by atoms with Gasteiger partial charge in [0.25, 0.3) is 0 Å². The quantitative estimate of drug-likeness (QED) is 0.372. The molecule has 5 rings (SSSR count). The van der Waals surface area contributed by atoms with Crippen LogP contribution in [0.15, 0.2) is 48.9 Å². The van der Waals surface area contributed by atoms with E-state index in [2.05, 4.69) is 31.6 Å². The Morgan fingerprint density at radius 1 is 1.12 bits per heavy atom. The molecule has 0 aliphatic carbocycles. The lowest BCUT2D eigenvalue weighted by molar-refractivity contribution is 0.0982. The molecule has 0 aliphatic rings. The number of tetrazole rings is 1. The van der Waals surface area contributed by atoms with E-state index in [1.807, 2.05) is 42.6 Å². The number of hydrogen-bond donors (Lipinski definition) is 1. The van der Waals surface area contributed by atoms with E-state index in [-0.39, 0.29) is 18.2 Å². The summed E-state index contributed by atoms with van der Waals surface area (Å²) in [5.74, 6) is 0.253. The molecule has 0 fully saturated rings. The maximum Gasteiger partial charge on any atom is 0.182 e. The molecule has 10 heteroatoms. The molecular formula is C23H21N7O2S. The van der Waals surface area contributed by atoms with E-state index in [4.69, 9.17) is 0 Å². The summed E-state index contributed by atoms with van der Waals surface area (Å²) in [5, 5.41) is 21.2. The van der Waals surface area contributed by atoms with Gasteiger partial charge in [-0.2, -0.15) is 4.68 Å². The monoisotopic (exact) mass is 459 g/mol. The minimum absolute atomic E-state index is 0.0145. The van der Waals surface area contributed by atoms with Crippen LogP contribution in [-0.2, 0) is 13.0 Å². The Kier molecular flexibility index (Phi) is 5.53. The molecule has 33 heavy (non-hydrogen) atoms. The molecule has 5 aromatic rings. The smallest absolute Gasteiger partial charge is 0.182 e. The standard InChI is InChI=1S/C23H21N7O2S/c1-14-3-5-16(10-24-14)6-7-20(32)17-9-18(30-22(13-31)26-27-28-30)23-25-11-19(29(23)12-17)21-8-4-15(2)33-21/h3-5,8-12,31H,6-7,13H2,1-2H3. The number of pyridine rings is 2. The van der Waals surface area contributed by atoms with Crippen molar-refractivity contribution < 1.29 is 9.90 Å². The zero-order chi connectivity index (χ0) is 22.9. The van der Waals surface area contributed by atoms with Crippen LogP contribution in [0.5, 0.6) is 0 Å². The summed E-state index contributed by atoms with van der Waals surface area (Å²) in [7, 11) is 0. The maximum atomic E-state index is 13.2. The van der Waals surface area contributed by atoms with Crippen molar-refractivity contribution in [2.45, 2.75) is 33.3 Å². The molecule has 5 heterocycles. The second kappa shape index (κ2) is 8.64. The van der Waals surface area contributed by atoms with E-state index >= 15 is 0 Å². The summed E-state index contributed by atoms with van der Waals surface area (Å²) in [5.41, 5.74) is 4.47. The van der Waals surface area contributed by atoms with Gasteiger partial charge in [-0.15, -0.1) is 16.4 Å². The Bertz CT molecular complexity index is 1450. The fourth-order valence-corrected chi connectivity index (χ4v) is 4.55. The van der Waals surface area contributed by atoms with E-state index in [1.165, 1.54) is 9.56 Å². The Hall–Kier alpha value is -3.76. The summed E-state index contributed by atoms with van der Waals surface area (Å²) in [6, 6.07) is 9.76. The molecule has 0 atom stereocenters. The molecule has 0 saturated heterocycles. The van der Waals surface area contributed by atoms with Crippen LogP contribution in [-0.4, -0.2) is 45.5 Å².